The van der Waals surface area contributed by atoms with Gasteiger partial charge in [-0.25, -0.2) is 0 Å². The SMILES string of the molecule is COc1ccccc1C(=O)CN1CCCC(CO)C1. The molecule has 4 heteroatoms. The first-order chi connectivity index (χ1) is 9.24. The summed E-state index contributed by atoms with van der Waals surface area (Å²) in [6.45, 7) is 2.34. The zero-order valence-corrected chi connectivity index (χ0v) is 11.3. The van der Waals surface area contributed by atoms with Gasteiger partial charge in [0.15, 0.2) is 5.78 Å². The van der Waals surface area contributed by atoms with Crippen LogP contribution < -0.4 is 4.74 Å². The summed E-state index contributed by atoms with van der Waals surface area (Å²) >= 11 is 0. The Morgan fingerprint density at radius 3 is 3.00 bits per heavy atom. The molecule has 1 aromatic carbocycles. The highest BCUT2D eigenvalue weighted by Gasteiger charge is 2.22. The van der Waals surface area contributed by atoms with Gasteiger partial charge in [0, 0.05) is 13.2 Å². The van der Waals surface area contributed by atoms with Crippen LogP contribution in [0.3, 0.4) is 0 Å². The van der Waals surface area contributed by atoms with E-state index in [-0.39, 0.29) is 12.4 Å². The van der Waals surface area contributed by atoms with E-state index in [0.29, 0.717) is 23.8 Å². The van der Waals surface area contributed by atoms with E-state index in [1.807, 2.05) is 12.1 Å². The summed E-state index contributed by atoms with van der Waals surface area (Å²) in [7, 11) is 1.58. The summed E-state index contributed by atoms with van der Waals surface area (Å²) in [4.78, 5) is 14.4. The fourth-order valence-electron chi connectivity index (χ4n) is 2.61. The molecule has 0 bridgehead atoms. The van der Waals surface area contributed by atoms with Gasteiger partial charge < -0.3 is 9.84 Å². The second-order valence-electron chi connectivity index (χ2n) is 5.05. The molecule has 1 aliphatic heterocycles. The molecular formula is C15H21NO3. The molecule has 1 heterocycles. The van der Waals surface area contributed by atoms with Crippen LogP contribution in [-0.2, 0) is 0 Å². The molecule has 0 saturated carbocycles. The average Bonchev–Trinajstić information content (AvgIpc) is 2.47. The van der Waals surface area contributed by atoms with Crippen molar-refractivity contribution in [2.24, 2.45) is 5.92 Å². The number of rotatable bonds is 5. The first-order valence-electron chi connectivity index (χ1n) is 6.74. The van der Waals surface area contributed by atoms with Crippen LogP contribution in [0.5, 0.6) is 5.75 Å². The summed E-state index contributed by atoms with van der Waals surface area (Å²) in [6, 6.07) is 7.31. The molecule has 2 rings (SSSR count). The number of Topliss-reactive ketones (excluding diaryl/α,β-unsaturated/α-hetero) is 1. The summed E-state index contributed by atoms with van der Waals surface area (Å²) in [5, 5.41) is 9.21. The largest absolute Gasteiger partial charge is 0.496 e. The van der Waals surface area contributed by atoms with Crippen LogP contribution in [0.1, 0.15) is 23.2 Å². The van der Waals surface area contributed by atoms with E-state index in [2.05, 4.69) is 4.90 Å². The van der Waals surface area contributed by atoms with Gasteiger partial charge in [0.05, 0.1) is 19.2 Å². The van der Waals surface area contributed by atoms with Crippen molar-refractivity contribution in [3.8, 4) is 5.75 Å². The number of ether oxygens (including phenoxy) is 1. The number of hydrogen-bond acceptors (Lipinski definition) is 4. The summed E-state index contributed by atoms with van der Waals surface area (Å²) in [5.74, 6) is 1.01. The first kappa shape index (κ1) is 14.0. The maximum Gasteiger partial charge on any atom is 0.180 e. The number of hydrogen-bond donors (Lipinski definition) is 1. The molecule has 0 amide bonds. The van der Waals surface area contributed by atoms with E-state index in [9.17, 15) is 9.90 Å². The second kappa shape index (κ2) is 6.68. The van der Waals surface area contributed by atoms with Crippen LogP contribution in [0.2, 0.25) is 0 Å². The van der Waals surface area contributed by atoms with Gasteiger partial charge in [0.2, 0.25) is 0 Å². The number of aliphatic hydroxyl groups excluding tert-OH is 1. The third-order valence-electron chi connectivity index (χ3n) is 3.64. The van der Waals surface area contributed by atoms with Crippen LogP contribution in [0, 0.1) is 5.92 Å². The first-order valence-corrected chi connectivity index (χ1v) is 6.74. The minimum atomic E-state index is 0.0797. The van der Waals surface area contributed by atoms with Crippen molar-refractivity contribution >= 4 is 5.78 Å². The molecule has 1 saturated heterocycles. The lowest BCUT2D eigenvalue weighted by Crippen LogP contribution is -2.39. The minimum Gasteiger partial charge on any atom is -0.496 e. The lowest BCUT2D eigenvalue weighted by Gasteiger charge is -2.31. The molecule has 1 atom stereocenters. The number of benzene rings is 1. The lowest BCUT2D eigenvalue weighted by atomic mass is 9.98. The number of aliphatic hydroxyl groups is 1. The van der Waals surface area contributed by atoms with Gasteiger partial charge in [-0.3, -0.25) is 9.69 Å². The Morgan fingerprint density at radius 1 is 1.47 bits per heavy atom. The van der Waals surface area contributed by atoms with E-state index in [4.69, 9.17) is 4.74 Å². The average molecular weight is 263 g/mol. The van der Waals surface area contributed by atoms with Crippen molar-refractivity contribution in [1.82, 2.24) is 4.90 Å². The normalized spacial score (nSPS) is 20.2. The van der Waals surface area contributed by atoms with Gasteiger partial charge in [0.25, 0.3) is 0 Å². The van der Waals surface area contributed by atoms with Gasteiger partial charge >= 0.3 is 0 Å². The van der Waals surface area contributed by atoms with E-state index >= 15 is 0 Å². The van der Waals surface area contributed by atoms with Crippen LogP contribution >= 0.6 is 0 Å². The minimum absolute atomic E-state index is 0.0797. The maximum atomic E-state index is 12.3. The Labute approximate surface area is 114 Å². The summed E-state index contributed by atoms with van der Waals surface area (Å²) < 4.78 is 5.22. The second-order valence-corrected chi connectivity index (χ2v) is 5.05. The molecular weight excluding hydrogens is 242 g/mol. The quantitative estimate of drug-likeness (QED) is 0.820. The fraction of sp³-hybridized carbons (Fsp3) is 0.533. The predicted molar refractivity (Wildman–Crippen MR) is 73.6 cm³/mol. The Hall–Kier alpha value is -1.39. The molecule has 0 radical (unpaired) electrons. The summed E-state index contributed by atoms with van der Waals surface area (Å²) in [5.41, 5.74) is 0.635. The van der Waals surface area contributed by atoms with Crippen molar-refractivity contribution < 1.29 is 14.6 Å². The highest BCUT2D eigenvalue weighted by molar-refractivity contribution is 6.00. The molecule has 1 aromatic rings. The molecule has 1 unspecified atom stereocenters. The number of para-hydroxylation sites is 1. The number of methoxy groups -OCH3 is 1. The number of nitrogens with zero attached hydrogens (tertiary/aromatic N) is 1. The fourth-order valence-corrected chi connectivity index (χ4v) is 2.61. The van der Waals surface area contributed by atoms with Crippen molar-refractivity contribution in [2.45, 2.75) is 12.8 Å². The highest BCUT2D eigenvalue weighted by Crippen LogP contribution is 2.20. The third kappa shape index (κ3) is 3.55. The highest BCUT2D eigenvalue weighted by atomic mass is 16.5. The number of piperidine rings is 1. The van der Waals surface area contributed by atoms with E-state index in [1.165, 1.54) is 0 Å². The zero-order chi connectivity index (χ0) is 13.7. The Bertz CT molecular complexity index is 433. The van der Waals surface area contributed by atoms with E-state index < -0.39 is 0 Å². The molecule has 0 spiro atoms. The van der Waals surface area contributed by atoms with Crippen LogP contribution in [0.4, 0.5) is 0 Å². The van der Waals surface area contributed by atoms with Crippen molar-refractivity contribution in [3.05, 3.63) is 29.8 Å². The Kier molecular flexibility index (Phi) is 4.93. The molecule has 0 aliphatic carbocycles. The molecule has 1 N–H and O–H groups in total. The number of carbonyl (C=O) groups excluding carboxylic acids is 1. The predicted octanol–water partition coefficient (Wildman–Crippen LogP) is 1.58. The molecule has 0 aromatic heterocycles. The van der Waals surface area contributed by atoms with Crippen LogP contribution in [-0.4, -0.2) is 49.1 Å². The standard InChI is InChI=1S/C15H21NO3/c1-19-15-7-3-2-6-13(15)14(18)10-16-8-4-5-12(9-16)11-17/h2-3,6-7,12,17H,4-5,8-11H2,1H3. The van der Waals surface area contributed by atoms with Gasteiger partial charge in [-0.05, 0) is 37.4 Å². The zero-order valence-electron chi connectivity index (χ0n) is 11.3. The third-order valence-corrected chi connectivity index (χ3v) is 3.64. The van der Waals surface area contributed by atoms with Crippen LogP contribution in [0.25, 0.3) is 0 Å². The van der Waals surface area contributed by atoms with Crippen molar-refractivity contribution in [1.29, 1.82) is 0 Å². The summed E-state index contributed by atoms with van der Waals surface area (Å²) in [6.07, 6.45) is 2.10. The number of ketones is 1. The molecule has 19 heavy (non-hydrogen) atoms. The van der Waals surface area contributed by atoms with Gasteiger partial charge in [0.1, 0.15) is 5.75 Å². The van der Waals surface area contributed by atoms with Crippen molar-refractivity contribution in [2.75, 3.05) is 33.4 Å². The molecule has 4 nitrogen and oxygen atoms in total. The van der Waals surface area contributed by atoms with E-state index in [0.717, 1.165) is 25.9 Å². The lowest BCUT2D eigenvalue weighted by molar-refractivity contribution is 0.0831. The van der Waals surface area contributed by atoms with Crippen LogP contribution in [0.15, 0.2) is 24.3 Å². The Morgan fingerprint density at radius 2 is 2.26 bits per heavy atom. The van der Waals surface area contributed by atoms with E-state index in [1.54, 1.807) is 19.2 Å². The molecule has 104 valence electrons. The topological polar surface area (TPSA) is 49.8 Å². The smallest absolute Gasteiger partial charge is 0.180 e. The molecule has 1 fully saturated rings. The Balaban J connectivity index is 2.00. The maximum absolute atomic E-state index is 12.3. The van der Waals surface area contributed by atoms with Gasteiger partial charge in [-0.2, -0.15) is 0 Å². The van der Waals surface area contributed by atoms with Crippen molar-refractivity contribution in [3.63, 3.8) is 0 Å². The monoisotopic (exact) mass is 263 g/mol. The number of carbonyl (C=O) groups is 1. The molecule has 1 aliphatic rings. The number of likely N-dealkylation sites (tertiary alicyclic amines) is 1. The van der Waals surface area contributed by atoms with Gasteiger partial charge in [-0.1, -0.05) is 12.1 Å². The van der Waals surface area contributed by atoms with Gasteiger partial charge in [-0.15, -0.1) is 0 Å².